The summed E-state index contributed by atoms with van der Waals surface area (Å²) in [5.74, 6) is 0.620. The number of rotatable bonds is 5. The summed E-state index contributed by atoms with van der Waals surface area (Å²) in [5, 5.41) is 8.51. The van der Waals surface area contributed by atoms with Crippen LogP contribution in [0.3, 0.4) is 0 Å². The van der Waals surface area contributed by atoms with Gasteiger partial charge >= 0.3 is 0 Å². The van der Waals surface area contributed by atoms with Gasteiger partial charge in [0.15, 0.2) is 5.13 Å². The van der Waals surface area contributed by atoms with Crippen molar-refractivity contribution < 1.29 is 4.79 Å². The SMILES string of the molecule is Cc1ccnc(Nc2nc(CC(=O)Nc3cccnc3)cs2)c1. The lowest BCUT2D eigenvalue weighted by Crippen LogP contribution is -2.14. The number of anilines is 3. The summed E-state index contributed by atoms with van der Waals surface area (Å²) in [6.07, 6.45) is 5.23. The van der Waals surface area contributed by atoms with Gasteiger partial charge in [0.05, 0.1) is 24.0 Å². The van der Waals surface area contributed by atoms with E-state index in [1.165, 1.54) is 11.3 Å². The highest BCUT2D eigenvalue weighted by atomic mass is 32.1. The van der Waals surface area contributed by atoms with Crippen LogP contribution < -0.4 is 10.6 Å². The zero-order valence-electron chi connectivity index (χ0n) is 12.5. The zero-order chi connectivity index (χ0) is 16.1. The monoisotopic (exact) mass is 325 g/mol. The molecule has 0 fully saturated rings. The molecule has 6 nitrogen and oxygen atoms in total. The van der Waals surface area contributed by atoms with Crippen LogP contribution in [0.4, 0.5) is 16.6 Å². The van der Waals surface area contributed by atoms with Crippen molar-refractivity contribution >= 4 is 33.9 Å². The molecule has 0 saturated carbocycles. The molecule has 3 aromatic heterocycles. The number of hydrogen-bond acceptors (Lipinski definition) is 6. The highest BCUT2D eigenvalue weighted by molar-refractivity contribution is 7.13. The summed E-state index contributed by atoms with van der Waals surface area (Å²) >= 11 is 1.44. The van der Waals surface area contributed by atoms with E-state index in [2.05, 4.69) is 25.6 Å². The van der Waals surface area contributed by atoms with Crippen molar-refractivity contribution in [3.8, 4) is 0 Å². The molecule has 1 amide bonds. The molecule has 0 aliphatic heterocycles. The first-order valence-corrected chi connectivity index (χ1v) is 7.91. The van der Waals surface area contributed by atoms with Crippen molar-refractivity contribution in [2.24, 2.45) is 0 Å². The van der Waals surface area contributed by atoms with Gasteiger partial charge in [0.1, 0.15) is 5.82 Å². The predicted octanol–water partition coefficient (Wildman–Crippen LogP) is 3.17. The average molecular weight is 325 g/mol. The Hall–Kier alpha value is -2.80. The Morgan fingerprint density at radius 3 is 3.00 bits per heavy atom. The van der Waals surface area contributed by atoms with Gasteiger partial charge in [0.25, 0.3) is 0 Å². The Morgan fingerprint density at radius 2 is 2.22 bits per heavy atom. The van der Waals surface area contributed by atoms with E-state index in [1.54, 1.807) is 30.7 Å². The number of nitrogens with zero attached hydrogens (tertiary/aromatic N) is 3. The molecule has 0 aliphatic rings. The second kappa shape index (κ2) is 6.97. The molecule has 3 heterocycles. The van der Waals surface area contributed by atoms with Crippen LogP contribution in [0, 0.1) is 6.92 Å². The minimum absolute atomic E-state index is 0.122. The molecule has 2 N–H and O–H groups in total. The van der Waals surface area contributed by atoms with E-state index in [9.17, 15) is 4.79 Å². The van der Waals surface area contributed by atoms with Gasteiger partial charge in [-0.25, -0.2) is 9.97 Å². The van der Waals surface area contributed by atoms with Gasteiger partial charge in [-0.15, -0.1) is 11.3 Å². The van der Waals surface area contributed by atoms with Crippen molar-refractivity contribution in [1.29, 1.82) is 0 Å². The zero-order valence-corrected chi connectivity index (χ0v) is 13.3. The molecule has 0 bridgehead atoms. The summed E-state index contributed by atoms with van der Waals surface area (Å²) < 4.78 is 0. The summed E-state index contributed by atoms with van der Waals surface area (Å²) in [6, 6.07) is 7.44. The van der Waals surface area contributed by atoms with E-state index in [0.29, 0.717) is 16.5 Å². The predicted molar refractivity (Wildman–Crippen MR) is 90.9 cm³/mol. The number of carbonyl (C=O) groups excluding carboxylic acids is 1. The van der Waals surface area contributed by atoms with Crippen LogP contribution in [-0.2, 0) is 11.2 Å². The van der Waals surface area contributed by atoms with Crippen molar-refractivity contribution in [3.63, 3.8) is 0 Å². The molecule has 0 aliphatic carbocycles. The van der Waals surface area contributed by atoms with Crippen molar-refractivity contribution in [3.05, 3.63) is 59.5 Å². The number of aromatic nitrogens is 3. The molecular formula is C16H15N5OS. The fourth-order valence-electron chi connectivity index (χ4n) is 1.97. The lowest BCUT2D eigenvalue weighted by molar-refractivity contribution is -0.115. The van der Waals surface area contributed by atoms with Crippen LogP contribution in [0.1, 0.15) is 11.3 Å². The Bertz CT molecular complexity index is 803. The normalized spacial score (nSPS) is 10.3. The minimum Gasteiger partial charge on any atom is -0.324 e. The second-order valence-corrected chi connectivity index (χ2v) is 5.81. The van der Waals surface area contributed by atoms with Gasteiger partial charge in [-0.2, -0.15) is 0 Å². The third-order valence-corrected chi connectivity index (χ3v) is 3.80. The van der Waals surface area contributed by atoms with Crippen LogP contribution in [0.25, 0.3) is 0 Å². The van der Waals surface area contributed by atoms with Gasteiger partial charge < -0.3 is 10.6 Å². The van der Waals surface area contributed by atoms with Crippen molar-refractivity contribution in [2.45, 2.75) is 13.3 Å². The Labute approximate surface area is 137 Å². The number of amides is 1. The Balaban J connectivity index is 1.60. The summed E-state index contributed by atoms with van der Waals surface area (Å²) in [4.78, 5) is 24.6. The molecule has 0 atom stereocenters. The largest absolute Gasteiger partial charge is 0.324 e. The van der Waals surface area contributed by atoms with Crippen molar-refractivity contribution in [2.75, 3.05) is 10.6 Å². The summed E-state index contributed by atoms with van der Waals surface area (Å²) in [6.45, 7) is 2.00. The number of nitrogens with one attached hydrogen (secondary N) is 2. The summed E-state index contributed by atoms with van der Waals surface area (Å²) in [7, 11) is 0. The lowest BCUT2D eigenvalue weighted by atomic mass is 10.3. The number of thiazole rings is 1. The van der Waals surface area contributed by atoms with Gasteiger partial charge in [-0.3, -0.25) is 9.78 Å². The highest BCUT2D eigenvalue weighted by Gasteiger charge is 2.09. The van der Waals surface area contributed by atoms with E-state index in [-0.39, 0.29) is 12.3 Å². The molecule has 0 aromatic carbocycles. The second-order valence-electron chi connectivity index (χ2n) is 4.95. The fourth-order valence-corrected chi connectivity index (χ4v) is 2.68. The van der Waals surface area contributed by atoms with E-state index < -0.39 is 0 Å². The molecule has 23 heavy (non-hydrogen) atoms. The third-order valence-electron chi connectivity index (χ3n) is 2.99. The molecule has 0 radical (unpaired) electrons. The van der Waals surface area contributed by atoms with E-state index in [4.69, 9.17) is 0 Å². The first-order chi connectivity index (χ1) is 11.2. The topological polar surface area (TPSA) is 79.8 Å². The smallest absolute Gasteiger partial charge is 0.230 e. The number of aryl methyl sites for hydroxylation is 1. The third kappa shape index (κ3) is 4.33. The first kappa shape index (κ1) is 15.1. The summed E-state index contributed by atoms with van der Waals surface area (Å²) in [5.41, 5.74) is 2.51. The maximum absolute atomic E-state index is 12.0. The van der Waals surface area contributed by atoms with Crippen LogP contribution in [0.15, 0.2) is 48.2 Å². The number of pyridine rings is 2. The molecule has 0 unspecified atom stereocenters. The van der Waals surface area contributed by atoms with Gasteiger partial charge in [0.2, 0.25) is 5.91 Å². The van der Waals surface area contributed by atoms with Crippen LogP contribution in [0.2, 0.25) is 0 Å². The minimum atomic E-state index is -0.122. The fraction of sp³-hybridized carbons (Fsp3) is 0.125. The highest BCUT2D eigenvalue weighted by Crippen LogP contribution is 2.20. The first-order valence-electron chi connectivity index (χ1n) is 7.03. The standard InChI is InChI=1S/C16H15N5OS/c1-11-4-6-18-14(7-11)21-16-20-13(10-23-16)8-15(22)19-12-3-2-5-17-9-12/h2-7,9-10H,8H2,1H3,(H,19,22)(H,18,20,21). The molecular weight excluding hydrogens is 310 g/mol. The molecule has 3 rings (SSSR count). The van der Waals surface area contributed by atoms with E-state index in [1.807, 2.05) is 24.4 Å². The molecule has 0 spiro atoms. The molecule has 116 valence electrons. The maximum atomic E-state index is 12.0. The van der Waals surface area contributed by atoms with Crippen LogP contribution in [-0.4, -0.2) is 20.9 Å². The van der Waals surface area contributed by atoms with Gasteiger partial charge in [-0.05, 0) is 36.8 Å². The molecule has 7 heteroatoms. The van der Waals surface area contributed by atoms with E-state index >= 15 is 0 Å². The van der Waals surface area contributed by atoms with E-state index in [0.717, 1.165) is 11.4 Å². The Kier molecular flexibility index (Phi) is 4.58. The quantitative estimate of drug-likeness (QED) is 0.753. The lowest BCUT2D eigenvalue weighted by Gasteiger charge is -2.03. The van der Waals surface area contributed by atoms with Gasteiger partial charge in [-0.1, -0.05) is 0 Å². The van der Waals surface area contributed by atoms with Crippen LogP contribution in [0.5, 0.6) is 0 Å². The van der Waals surface area contributed by atoms with Crippen LogP contribution >= 0.6 is 11.3 Å². The van der Waals surface area contributed by atoms with Crippen molar-refractivity contribution in [1.82, 2.24) is 15.0 Å². The molecule has 3 aromatic rings. The maximum Gasteiger partial charge on any atom is 0.230 e. The number of hydrogen-bond donors (Lipinski definition) is 2. The van der Waals surface area contributed by atoms with Gasteiger partial charge in [0, 0.05) is 17.8 Å². The Morgan fingerprint density at radius 1 is 1.30 bits per heavy atom. The average Bonchev–Trinajstić information content (AvgIpc) is 2.95. The molecule has 0 saturated heterocycles. The number of carbonyl (C=O) groups is 1.